The number of ether oxygens (including phenoxy) is 1. The number of hydrogen-bond donors (Lipinski definition) is 1. The molecule has 1 amide bonds. The fourth-order valence-corrected chi connectivity index (χ4v) is 5.11. The van der Waals surface area contributed by atoms with E-state index in [-0.39, 0.29) is 23.7 Å². The van der Waals surface area contributed by atoms with Crippen molar-refractivity contribution < 1.29 is 17.9 Å². The number of anilines is 1. The minimum Gasteiger partial charge on any atom is -0.484 e. The van der Waals surface area contributed by atoms with Crippen molar-refractivity contribution in [3.05, 3.63) is 59.2 Å². The first-order chi connectivity index (χ1) is 14.6. The van der Waals surface area contributed by atoms with Crippen LogP contribution in [0.25, 0.3) is 0 Å². The number of nitrogens with zero attached hydrogens (tertiary/aromatic N) is 1. The standard InChI is InChI=1S/C24H32N2O4S/c1-5-14-31(28,29)26-13-12-18-6-9-21(15-19(18)16-26)25-23(27)17-30-22-10-7-20(8-11-22)24(2,3)4/h6-11,15H,5,12-14,16-17H2,1-4H3,(H,25,27). The number of nitrogens with one attached hydrogen (secondary N) is 1. The molecule has 0 aromatic heterocycles. The average molecular weight is 445 g/mol. The summed E-state index contributed by atoms with van der Waals surface area (Å²) in [7, 11) is -3.24. The van der Waals surface area contributed by atoms with Crippen LogP contribution < -0.4 is 10.1 Å². The zero-order chi connectivity index (χ0) is 22.6. The highest BCUT2D eigenvalue weighted by Gasteiger charge is 2.26. The molecule has 0 saturated carbocycles. The molecule has 0 radical (unpaired) electrons. The van der Waals surface area contributed by atoms with Crippen molar-refractivity contribution in [1.82, 2.24) is 4.31 Å². The van der Waals surface area contributed by atoms with Gasteiger partial charge in [0, 0.05) is 18.8 Å². The van der Waals surface area contributed by atoms with E-state index in [1.54, 1.807) is 0 Å². The smallest absolute Gasteiger partial charge is 0.262 e. The van der Waals surface area contributed by atoms with Gasteiger partial charge in [-0.05, 0) is 59.2 Å². The van der Waals surface area contributed by atoms with E-state index in [4.69, 9.17) is 4.74 Å². The Morgan fingerprint density at radius 2 is 1.81 bits per heavy atom. The fourth-order valence-electron chi connectivity index (χ4n) is 3.63. The molecule has 2 aromatic rings. The molecule has 0 saturated heterocycles. The minimum absolute atomic E-state index is 0.0633. The van der Waals surface area contributed by atoms with Crippen molar-refractivity contribution in [2.24, 2.45) is 0 Å². The molecular formula is C24H32N2O4S. The van der Waals surface area contributed by atoms with Gasteiger partial charge in [-0.25, -0.2) is 8.42 Å². The van der Waals surface area contributed by atoms with Crippen LogP contribution in [0.15, 0.2) is 42.5 Å². The quantitative estimate of drug-likeness (QED) is 0.698. The molecule has 1 N–H and O–H groups in total. The van der Waals surface area contributed by atoms with Gasteiger partial charge >= 0.3 is 0 Å². The Bertz CT molecular complexity index is 1020. The molecule has 31 heavy (non-hydrogen) atoms. The number of rotatable bonds is 7. The summed E-state index contributed by atoms with van der Waals surface area (Å²) in [5.41, 5.74) is 3.96. The summed E-state index contributed by atoms with van der Waals surface area (Å²) in [6.07, 6.45) is 1.28. The molecule has 0 aliphatic carbocycles. The molecule has 2 aromatic carbocycles. The SMILES string of the molecule is CCCS(=O)(=O)N1CCc2ccc(NC(=O)COc3ccc(C(C)(C)C)cc3)cc2C1. The summed E-state index contributed by atoms with van der Waals surface area (Å²) in [5.74, 6) is 0.545. The van der Waals surface area contributed by atoms with E-state index in [1.807, 2.05) is 49.4 Å². The first-order valence-electron chi connectivity index (χ1n) is 10.7. The lowest BCUT2D eigenvalue weighted by Crippen LogP contribution is -2.37. The highest BCUT2D eigenvalue weighted by molar-refractivity contribution is 7.89. The van der Waals surface area contributed by atoms with Gasteiger partial charge in [-0.2, -0.15) is 4.31 Å². The van der Waals surface area contributed by atoms with Crippen LogP contribution in [0.3, 0.4) is 0 Å². The molecule has 0 spiro atoms. The molecule has 0 unspecified atom stereocenters. The third-order valence-corrected chi connectivity index (χ3v) is 7.44. The van der Waals surface area contributed by atoms with Gasteiger partial charge in [0.25, 0.3) is 5.91 Å². The van der Waals surface area contributed by atoms with Crippen LogP contribution in [0.5, 0.6) is 5.75 Å². The Hall–Kier alpha value is -2.38. The van der Waals surface area contributed by atoms with Gasteiger partial charge in [0.2, 0.25) is 10.0 Å². The van der Waals surface area contributed by atoms with Gasteiger partial charge < -0.3 is 10.1 Å². The van der Waals surface area contributed by atoms with E-state index in [1.165, 1.54) is 9.87 Å². The number of carbonyl (C=O) groups is 1. The van der Waals surface area contributed by atoms with Gasteiger partial charge in [0.1, 0.15) is 5.75 Å². The van der Waals surface area contributed by atoms with E-state index in [9.17, 15) is 13.2 Å². The summed E-state index contributed by atoms with van der Waals surface area (Å²) in [5, 5.41) is 2.84. The molecule has 0 atom stereocenters. The van der Waals surface area contributed by atoms with E-state index in [0.717, 1.165) is 11.1 Å². The van der Waals surface area contributed by atoms with Crippen molar-refractivity contribution in [3.63, 3.8) is 0 Å². The van der Waals surface area contributed by atoms with Gasteiger partial charge in [-0.1, -0.05) is 45.9 Å². The molecule has 168 valence electrons. The second-order valence-corrected chi connectivity index (χ2v) is 11.1. The largest absolute Gasteiger partial charge is 0.484 e. The molecule has 6 nitrogen and oxygen atoms in total. The van der Waals surface area contributed by atoms with Crippen molar-refractivity contribution in [2.75, 3.05) is 24.2 Å². The van der Waals surface area contributed by atoms with Crippen LogP contribution in [0, 0.1) is 0 Å². The minimum atomic E-state index is -3.24. The van der Waals surface area contributed by atoms with Crippen LogP contribution in [-0.4, -0.2) is 37.5 Å². The predicted molar refractivity (Wildman–Crippen MR) is 124 cm³/mol. The zero-order valence-electron chi connectivity index (χ0n) is 18.8. The van der Waals surface area contributed by atoms with Crippen LogP contribution in [0.1, 0.15) is 50.8 Å². The normalized spacial score (nSPS) is 14.7. The predicted octanol–water partition coefficient (Wildman–Crippen LogP) is 4.10. The molecule has 1 aliphatic rings. The highest BCUT2D eigenvalue weighted by Crippen LogP contribution is 2.26. The van der Waals surface area contributed by atoms with E-state index < -0.39 is 10.0 Å². The maximum atomic E-state index is 12.4. The van der Waals surface area contributed by atoms with Crippen LogP contribution in [-0.2, 0) is 33.2 Å². The van der Waals surface area contributed by atoms with Crippen LogP contribution in [0.2, 0.25) is 0 Å². The second-order valence-electron chi connectivity index (χ2n) is 8.99. The monoisotopic (exact) mass is 444 g/mol. The van der Waals surface area contributed by atoms with E-state index >= 15 is 0 Å². The average Bonchev–Trinajstić information content (AvgIpc) is 2.71. The summed E-state index contributed by atoms with van der Waals surface area (Å²) >= 11 is 0. The first-order valence-corrected chi connectivity index (χ1v) is 12.3. The van der Waals surface area contributed by atoms with Gasteiger partial charge in [-0.3, -0.25) is 4.79 Å². The number of fused-ring (bicyclic) bond motifs is 1. The number of amides is 1. The number of benzene rings is 2. The highest BCUT2D eigenvalue weighted by atomic mass is 32.2. The van der Waals surface area contributed by atoms with Crippen molar-refractivity contribution in [1.29, 1.82) is 0 Å². The topological polar surface area (TPSA) is 75.7 Å². The summed E-state index contributed by atoms with van der Waals surface area (Å²) < 4.78 is 31.9. The first kappa shape index (κ1) is 23.3. The van der Waals surface area contributed by atoms with Crippen molar-refractivity contribution >= 4 is 21.6 Å². The van der Waals surface area contributed by atoms with Crippen LogP contribution in [0.4, 0.5) is 5.69 Å². The van der Waals surface area contributed by atoms with Crippen molar-refractivity contribution in [3.8, 4) is 5.75 Å². The van der Waals surface area contributed by atoms with Gasteiger partial charge in [0.15, 0.2) is 6.61 Å². The molecule has 7 heteroatoms. The number of hydrogen-bond acceptors (Lipinski definition) is 4. The lowest BCUT2D eigenvalue weighted by molar-refractivity contribution is -0.118. The van der Waals surface area contributed by atoms with Gasteiger partial charge in [-0.15, -0.1) is 0 Å². The fraction of sp³-hybridized carbons (Fsp3) is 0.458. The number of carbonyl (C=O) groups excluding carboxylic acids is 1. The van der Waals surface area contributed by atoms with E-state index in [2.05, 4.69) is 26.1 Å². The molecule has 3 rings (SSSR count). The summed E-state index contributed by atoms with van der Waals surface area (Å²) in [6, 6.07) is 13.4. The maximum Gasteiger partial charge on any atom is 0.262 e. The zero-order valence-corrected chi connectivity index (χ0v) is 19.6. The Morgan fingerprint density at radius 1 is 1.10 bits per heavy atom. The number of sulfonamides is 1. The molecule has 0 fully saturated rings. The molecule has 0 bridgehead atoms. The maximum absolute atomic E-state index is 12.4. The second kappa shape index (κ2) is 9.40. The lowest BCUT2D eigenvalue weighted by atomic mass is 9.87. The third kappa shape index (κ3) is 6.08. The van der Waals surface area contributed by atoms with Crippen LogP contribution >= 0.6 is 0 Å². The Morgan fingerprint density at radius 3 is 2.45 bits per heavy atom. The van der Waals surface area contributed by atoms with Gasteiger partial charge in [0.05, 0.1) is 5.75 Å². The Labute approximate surface area is 185 Å². The lowest BCUT2D eigenvalue weighted by Gasteiger charge is -2.28. The summed E-state index contributed by atoms with van der Waals surface area (Å²) in [6.45, 7) is 9.06. The molecular weight excluding hydrogens is 412 g/mol. The van der Waals surface area contributed by atoms with Crippen molar-refractivity contribution in [2.45, 2.75) is 52.5 Å². The Kier molecular flexibility index (Phi) is 7.06. The summed E-state index contributed by atoms with van der Waals surface area (Å²) in [4.78, 5) is 12.3. The Balaban J connectivity index is 1.59. The molecule has 1 aliphatic heterocycles. The third-order valence-electron chi connectivity index (χ3n) is 5.41. The van der Waals surface area contributed by atoms with E-state index in [0.29, 0.717) is 37.4 Å². The molecule has 1 heterocycles.